The van der Waals surface area contributed by atoms with Gasteiger partial charge in [-0.1, -0.05) is 24.3 Å². The van der Waals surface area contributed by atoms with Crippen LogP contribution in [0.15, 0.2) is 53.6 Å². The Kier molecular flexibility index (Phi) is 6.10. The number of nitrogens with zero attached hydrogens (tertiary/aromatic N) is 2. The molecule has 2 aromatic carbocycles. The van der Waals surface area contributed by atoms with Crippen LogP contribution in [-0.2, 0) is 14.8 Å². The zero-order valence-electron chi connectivity index (χ0n) is 14.7. The zero-order chi connectivity index (χ0) is 19.3. The molecule has 2 aromatic rings. The van der Waals surface area contributed by atoms with Crippen molar-refractivity contribution in [1.82, 2.24) is 5.43 Å². The van der Waals surface area contributed by atoms with E-state index in [2.05, 4.69) is 10.5 Å². The Morgan fingerprint density at radius 2 is 1.85 bits per heavy atom. The molecule has 0 fully saturated rings. The summed E-state index contributed by atoms with van der Waals surface area (Å²) < 4.78 is 38.0. The minimum Gasteiger partial charge on any atom is -0.271 e. The molecule has 0 aliphatic carbocycles. The Morgan fingerprint density at radius 3 is 2.42 bits per heavy atom. The first-order valence-corrected chi connectivity index (χ1v) is 9.65. The van der Waals surface area contributed by atoms with Crippen LogP contribution >= 0.6 is 0 Å². The standard InChI is InChI=1S/C18H20FN3O3S/c1-13-5-4-6-17(11-13)22(26(3,24)25)12-18(23)21-20-14(2)15-7-9-16(19)10-8-15/h4-11H,12H2,1-3H3,(H,21,23)/b20-14-. The normalized spacial score (nSPS) is 11.9. The van der Waals surface area contributed by atoms with Crippen LogP contribution in [0.25, 0.3) is 0 Å². The molecule has 8 heteroatoms. The molecule has 138 valence electrons. The van der Waals surface area contributed by atoms with E-state index in [1.807, 2.05) is 13.0 Å². The number of hydrogen-bond donors (Lipinski definition) is 1. The molecule has 0 aliphatic rings. The second kappa shape index (κ2) is 8.09. The van der Waals surface area contributed by atoms with Crippen LogP contribution in [0.3, 0.4) is 0 Å². The van der Waals surface area contributed by atoms with E-state index in [1.165, 1.54) is 24.3 Å². The van der Waals surface area contributed by atoms with Gasteiger partial charge in [0.25, 0.3) is 5.91 Å². The molecule has 0 saturated heterocycles. The van der Waals surface area contributed by atoms with Crippen LogP contribution in [0.1, 0.15) is 18.1 Å². The molecular formula is C18H20FN3O3S. The smallest absolute Gasteiger partial charge is 0.260 e. The molecule has 0 aromatic heterocycles. The highest BCUT2D eigenvalue weighted by Crippen LogP contribution is 2.18. The zero-order valence-corrected chi connectivity index (χ0v) is 15.5. The molecule has 0 unspecified atom stereocenters. The predicted octanol–water partition coefficient (Wildman–Crippen LogP) is 2.44. The van der Waals surface area contributed by atoms with Gasteiger partial charge in [0.15, 0.2) is 0 Å². The molecular weight excluding hydrogens is 357 g/mol. The van der Waals surface area contributed by atoms with E-state index in [4.69, 9.17) is 0 Å². The maximum atomic E-state index is 12.9. The Bertz CT molecular complexity index is 925. The van der Waals surface area contributed by atoms with E-state index in [9.17, 15) is 17.6 Å². The largest absolute Gasteiger partial charge is 0.271 e. The quantitative estimate of drug-likeness (QED) is 0.620. The summed E-state index contributed by atoms with van der Waals surface area (Å²) in [5, 5.41) is 3.94. The van der Waals surface area contributed by atoms with E-state index in [1.54, 1.807) is 25.1 Å². The minimum atomic E-state index is -3.64. The van der Waals surface area contributed by atoms with E-state index >= 15 is 0 Å². The van der Waals surface area contributed by atoms with Crippen molar-refractivity contribution in [3.05, 3.63) is 65.5 Å². The van der Waals surface area contributed by atoms with Crippen molar-refractivity contribution >= 4 is 27.3 Å². The molecule has 0 heterocycles. The van der Waals surface area contributed by atoms with Crippen molar-refractivity contribution < 1.29 is 17.6 Å². The van der Waals surface area contributed by atoms with E-state index < -0.39 is 22.5 Å². The fourth-order valence-electron chi connectivity index (χ4n) is 2.25. The molecule has 0 atom stereocenters. The molecule has 1 N–H and O–H groups in total. The maximum Gasteiger partial charge on any atom is 0.260 e. The number of sulfonamides is 1. The van der Waals surface area contributed by atoms with E-state index in [-0.39, 0.29) is 5.82 Å². The summed E-state index contributed by atoms with van der Waals surface area (Å²) in [6.45, 7) is 3.09. The number of amides is 1. The highest BCUT2D eigenvalue weighted by molar-refractivity contribution is 7.92. The van der Waals surface area contributed by atoms with Crippen LogP contribution in [0.5, 0.6) is 0 Å². The number of hydrogen-bond acceptors (Lipinski definition) is 4. The van der Waals surface area contributed by atoms with Crippen LogP contribution in [0, 0.1) is 12.7 Å². The third-order valence-corrected chi connectivity index (χ3v) is 4.73. The summed E-state index contributed by atoms with van der Waals surface area (Å²) >= 11 is 0. The topological polar surface area (TPSA) is 78.8 Å². The second-order valence-electron chi connectivity index (χ2n) is 5.85. The number of nitrogens with one attached hydrogen (secondary N) is 1. The number of rotatable bonds is 6. The highest BCUT2D eigenvalue weighted by atomic mass is 32.2. The molecule has 2 rings (SSSR count). The lowest BCUT2D eigenvalue weighted by Gasteiger charge is -2.21. The average molecular weight is 377 g/mol. The van der Waals surface area contributed by atoms with Crippen molar-refractivity contribution in [3.8, 4) is 0 Å². The molecule has 0 saturated carbocycles. The summed E-state index contributed by atoms with van der Waals surface area (Å²) in [5.74, 6) is -0.953. The lowest BCUT2D eigenvalue weighted by atomic mass is 10.1. The Hall–Kier alpha value is -2.74. The van der Waals surface area contributed by atoms with Gasteiger partial charge in [0.05, 0.1) is 17.7 Å². The van der Waals surface area contributed by atoms with Gasteiger partial charge >= 0.3 is 0 Å². The molecule has 26 heavy (non-hydrogen) atoms. The second-order valence-corrected chi connectivity index (χ2v) is 7.75. The molecule has 1 amide bonds. The lowest BCUT2D eigenvalue weighted by Crippen LogP contribution is -2.39. The monoisotopic (exact) mass is 377 g/mol. The van der Waals surface area contributed by atoms with Gasteiger partial charge in [0.2, 0.25) is 10.0 Å². The summed E-state index contributed by atoms with van der Waals surface area (Å²) in [6.07, 6.45) is 1.04. The third kappa shape index (κ3) is 5.38. The fraction of sp³-hybridized carbons (Fsp3) is 0.222. The molecule has 0 bridgehead atoms. The van der Waals surface area contributed by atoms with Crippen molar-refractivity contribution in [2.24, 2.45) is 5.10 Å². The number of halogens is 1. The van der Waals surface area contributed by atoms with Gasteiger partial charge in [0.1, 0.15) is 12.4 Å². The molecule has 0 aliphatic heterocycles. The first-order chi connectivity index (χ1) is 12.2. The number of hydrazone groups is 1. The fourth-order valence-corrected chi connectivity index (χ4v) is 3.10. The minimum absolute atomic E-state index is 0.368. The highest BCUT2D eigenvalue weighted by Gasteiger charge is 2.20. The number of carbonyl (C=O) groups is 1. The summed E-state index contributed by atoms with van der Waals surface area (Å²) in [7, 11) is -3.64. The van der Waals surface area contributed by atoms with E-state index in [0.717, 1.165) is 16.1 Å². The van der Waals surface area contributed by atoms with Crippen LogP contribution < -0.4 is 9.73 Å². The maximum absolute atomic E-state index is 12.9. The van der Waals surface area contributed by atoms with Gasteiger partial charge in [-0.3, -0.25) is 9.10 Å². The number of carbonyl (C=O) groups excluding carboxylic acids is 1. The predicted molar refractivity (Wildman–Crippen MR) is 100 cm³/mol. The summed E-state index contributed by atoms with van der Waals surface area (Å²) in [5.41, 5.74) is 4.73. The first kappa shape index (κ1) is 19.6. The Labute approximate surface area is 152 Å². The number of benzene rings is 2. The van der Waals surface area contributed by atoms with E-state index in [0.29, 0.717) is 17.0 Å². The SMILES string of the molecule is C/C(=N/NC(=O)CN(c1cccc(C)c1)S(C)(=O)=O)c1ccc(F)cc1. The van der Waals surface area contributed by atoms with Crippen LogP contribution in [-0.4, -0.2) is 32.8 Å². The van der Waals surface area contributed by atoms with Gasteiger partial charge in [-0.15, -0.1) is 0 Å². The van der Waals surface area contributed by atoms with Gasteiger partial charge < -0.3 is 0 Å². The van der Waals surface area contributed by atoms with Crippen molar-refractivity contribution in [1.29, 1.82) is 0 Å². The molecule has 0 spiro atoms. The van der Waals surface area contributed by atoms with Crippen LogP contribution in [0.4, 0.5) is 10.1 Å². The van der Waals surface area contributed by atoms with Crippen molar-refractivity contribution in [2.75, 3.05) is 17.1 Å². The molecule has 6 nitrogen and oxygen atoms in total. The Morgan fingerprint density at radius 1 is 1.19 bits per heavy atom. The summed E-state index contributed by atoms with van der Waals surface area (Å²) in [6, 6.07) is 12.5. The molecule has 0 radical (unpaired) electrons. The first-order valence-electron chi connectivity index (χ1n) is 7.80. The van der Waals surface area contributed by atoms with Gasteiger partial charge in [-0.2, -0.15) is 5.10 Å². The third-order valence-electron chi connectivity index (χ3n) is 3.59. The Balaban J connectivity index is 2.12. The van der Waals surface area contributed by atoms with Crippen molar-refractivity contribution in [2.45, 2.75) is 13.8 Å². The lowest BCUT2D eigenvalue weighted by molar-refractivity contribution is -0.119. The number of anilines is 1. The van der Waals surface area contributed by atoms with Gasteiger partial charge in [-0.05, 0) is 49.2 Å². The number of aryl methyl sites for hydroxylation is 1. The van der Waals surface area contributed by atoms with Gasteiger partial charge in [-0.25, -0.2) is 18.2 Å². The van der Waals surface area contributed by atoms with Gasteiger partial charge in [0, 0.05) is 0 Å². The van der Waals surface area contributed by atoms with Crippen LogP contribution in [0.2, 0.25) is 0 Å². The average Bonchev–Trinajstić information content (AvgIpc) is 2.57. The van der Waals surface area contributed by atoms with Crippen molar-refractivity contribution in [3.63, 3.8) is 0 Å². The summed E-state index contributed by atoms with van der Waals surface area (Å²) in [4.78, 5) is 12.2.